The second kappa shape index (κ2) is 6.01. The van der Waals surface area contributed by atoms with Gasteiger partial charge in [0.25, 0.3) is 0 Å². The van der Waals surface area contributed by atoms with Crippen molar-refractivity contribution in [2.24, 2.45) is 0 Å². The van der Waals surface area contributed by atoms with Crippen molar-refractivity contribution in [3.05, 3.63) is 35.4 Å². The summed E-state index contributed by atoms with van der Waals surface area (Å²) in [7, 11) is 2.22. The van der Waals surface area contributed by atoms with E-state index in [1.807, 2.05) is 6.92 Å². The highest BCUT2D eigenvalue weighted by molar-refractivity contribution is 5.20. The maximum Gasteiger partial charge on any atom is 0.129 e. The second-order valence-electron chi connectivity index (χ2n) is 6.69. The largest absolute Gasteiger partial charge is 0.311 e. The molecule has 116 valence electrons. The molecule has 0 aliphatic carbocycles. The molecule has 0 aromatic heterocycles. The maximum absolute atomic E-state index is 13.7. The molecular weight excluding hydrogens is 270 g/mol. The Morgan fingerprint density at radius 3 is 2.33 bits per heavy atom. The zero-order valence-corrected chi connectivity index (χ0v) is 12.8. The summed E-state index contributed by atoms with van der Waals surface area (Å²) in [5.41, 5.74) is 0.202. The molecule has 0 saturated carbocycles. The fraction of sp³-hybridized carbons (Fsp3) is 0.647. The van der Waals surface area contributed by atoms with Crippen molar-refractivity contribution in [2.75, 3.05) is 7.05 Å². The molecule has 0 amide bonds. The molecule has 2 aliphatic rings. The summed E-state index contributed by atoms with van der Waals surface area (Å²) in [5.74, 6) is -0.876. The number of piperidine rings is 1. The van der Waals surface area contributed by atoms with E-state index in [0.717, 1.165) is 12.8 Å². The van der Waals surface area contributed by atoms with Crippen molar-refractivity contribution in [3.8, 4) is 0 Å². The van der Waals surface area contributed by atoms with Gasteiger partial charge in [-0.3, -0.25) is 0 Å². The van der Waals surface area contributed by atoms with Crippen LogP contribution in [0.5, 0.6) is 0 Å². The summed E-state index contributed by atoms with van der Waals surface area (Å²) in [6.45, 7) is 2.02. The molecule has 0 radical (unpaired) electrons. The molecule has 2 heterocycles. The van der Waals surface area contributed by atoms with Crippen LogP contribution in [0.2, 0.25) is 0 Å². The first-order chi connectivity index (χ1) is 10.0. The van der Waals surface area contributed by atoms with E-state index in [0.29, 0.717) is 24.5 Å². The Bertz CT molecular complexity index is 471. The Morgan fingerprint density at radius 2 is 1.76 bits per heavy atom. The van der Waals surface area contributed by atoms with Gasteiger partial charge in [-0.05, 0) is 58.2 Å². The van der Waals surface area contributed by atoms with Crippen LogP contribution < -0.4 is 5.32 Å². The van der Waals surface area contributed by atoms with Crippen molar-refractivity contribution >= 4 is 0 Å². The van der Waals surface area contributed by atoms with Crippen LogP contribution >= 0.6 is 0 Å². The smallest absolute Gasteiger partial charge is 0.129 e. The summed E-state index contributed by atoms with van der Waals surface area (Å²) in [6, 6.07) is 6.01. The molecule has 2 saturated heterocycles. The molecule has 3 atom stereocenters. The van der Waals surface area contributed by atoms with Gasteiger partial charge in [-0.15, -0.1) is 0 Å². The van der Waals surface area contributed by atoms with Crippen LogP contribution in [0.1, 0.15) is 38.2 Å². The van der Waals surface area contributed by atoms with E-state index in [-0.39, 0.29) is 11.6 Å². The van der Waals surface area contributed by atoms with Crippen LogP contribution in [-0.2, 0) is 6.42 Å². The zero-order chi connectivity index (χ0) is 15.0. The lowest BCUT2D eigenvalue weighted by atomic mass is 9.96. The lowest BCUT2D eigenvalue weighted by Crippen LogP contribution is -2.49. The fourth-order valence-corrected chi connectivity index (χ4v) is 4.04. The zero-order valence-electron chi connectivity index (χ0n) is 12.8. The first-order valence-corrected chi connectivity index (χ1v) is 7.95. The molecule has 2 bridgehead atoms. The third kappa shape index (κ3) is 3.11. The Morgan fingerprint density at radius 1 is 1.19 bits per heavy atom. The Balaban J connectivity index is 1.59. The Kier molecular flexibility index (Phi) is 4.27. The highest BCUT2D eigenvalue weighted by atomic mass is 19.1. The van der Waals surface area contributed by atoms with E-state index in [9.17, 15) is 8.78 Å². The summed E-state index contributed by atoms with van der Waals surface area (Å²) in [6.07, 6.45) is 5.28. The molecule has 3 rings (SSSR count). The minimum atomic E-state index is -0.438. The van der Waals surface area contributed by atoms with Gasteiger partial charge in [0.1, 0.15) is 11.6 Å². The molecule has 4 heteroatoms. The number of hydrogen-bond donors (Lipinski definition) is 1. The quantitative estimate of drug-likeness (QED) is 0.918. The molecule has 2 aliphatic heterocycles. The first-order valence-electron chi connectivity index (χ1n) is 7.95. The minimum Gasteiger partial charge on any atom is -0.311 e. The molecule has 3 unspecified atom stereocenters. The molecule has 1 aromatic carbocycles. The third-order valence-corrected chi connectivity index (χ3v) is 5.19. The van der Waals surface area contributed by atoms with Gasteiger partial charge in [0.15, 0.2) is 0 Å². The minimum absolute atomic E-state index is 0.0872. The normalized spacial score (nSPS) is 30.6. The summed E-state index contributed by atoms with van der Waals surface area (Å²) < 4.78 is 27.4. The van der Waals surface area contributed by atoms with Gasteiger partial charge in [0, 0.05) is 29.7 Å². The number of benzene rings is 1. The fourth-order valence-electron chi connectivity index (χ4n) is 4.04. The van der Waals surface area contributed by atoms with Crippen molar-refractivity contribution in [2.45, 2.75) is 63.2 Å². The molecule has 0 spiro atoms. The van der Waals surface area contributed by atoms with Gasteiger partial charge in [0.2, 0.25) is 0 Å². The van der Waals surface area contributed by atoms with E-state index >= 15 is 0 Å². The maximum atomic E-state index is 13.7. The van der Waals surface area contributed by atoms with Gasteiger partial charge in [-0.2, -0.15) is 0 Å². The standard InChI is InChI=1S/C17H24F2N2/c1-11(8-15-16(18)4-3-5-17(15)19)20-12-9-13-6-7-14(10-12)21(13)2/h3-5,11-14,20H,6-10H2,1-2H3. The van der Waals surface area contributed by atoms with Crippen LogP contribution in [0.4, 0.5) is 8.78 Å². The SMILES string of the molecule is CC(Cc1c(F)cccc1F)NC1CC2CCC(C1)N2C. The number of hydrogen-bond acceptors (Lipinski definition) is 2. The van der Waals surface area contributed by atoms with Crippen molar-refractivity contribution in [1.29, 1.82) is 0 Å². The number of halogens is 2. The molecular formula is C17H24F2N2. The van der Waals surface area contributed by atoms with Gasteiger partial charge in [0.05, 0.1) is 0 Å². The van der Waals surface area contributed by atoms with Gasteiger partial charge < -0.3 is 10.2 Å². The van der Waals surface area contributed by atoms with Crippen LogP contribution in [0.3, 0.4) is 0 Å². The van der Waals surface area contributed by atoms with E-state index in [1.54, 1.807) is 0 Å². The van der Waals surface area contributed by atoms with Gasteiger partial charge in [-0.25, -0.2) is 8.78 Å². The van der Waals surface area contributed by atoms with E-state index < -0.39 is 11.6 Å². The average molecular weight is 294 g/mol. The average Bonchev–Trinajstić information content (AvgIpc) is 2.65. The highest BCUT2D eigenvalue weighted by Crippen LogP contribution is 2.34. The lowest BCUT2D eigenvalue weighted by molar-refractivity contribution is 0.144. The molecule has 21 heavy (non-hydrogen) atoms. The Hall–Kier alpha value is -1.00. The van der Waals surface area contributed by atoms with Crippen molar-refractivity contribution in [3.63, 3.8) is 0 Å². The van der Waals surface area contributed by atoms with E-state index in [1.165, 1.54) is 31.0 Å². The van der Waals surface area contributed by atoms with E-state index in [2.05, 4.69) is 17.3 Å². The van der Waals surface area contributed by atoms with Crippen molar-refractivity contribution < 1.29 is 8.78 Å². The molecule has 2 fully saturated rings. The monoisotopic (exact) mass is 294 g/mol. The molecule has 2 nitrogen and oxygen atoms in total. The number of nitrogens with one attached hydrogen (secondary N) is 1. The Labute approximate surface area is 125 Å². The van der Waals surface area contributed by atoms with Crippen LogP contribution in [0, 0.1) is 11.6 Å². The second-order valence-corrected chi connectivity index (χ2v) is 6.69. The van der Waals surface area contributed by atoms with Gasteiger partial charge >= 0.3 is 0 Å². The van der Waals surface area contributed by atoms with Gasteiger partial charge in [-0.1, -0.05) is 6.07 Å². The van der Waals surface area contributed by atoms with Crippen LogP contribution in [0.15, 0.2) is 18.2 Å². The topological polar surface area (TPSA) is 15.3 Å². The van der Waals surface area contributed by atoms with Crippen LogP contribution in [-0.4, -0.2) is 36.1 Å². The third-order valence-electron chi connectivity index (χ3n) is 5.19. The number of fused-ring (bicyclic) bond motifs is 2. The first kappa shape index (κ1) is 14.9. The van der Waals surface area contributed by atoms with E-state index in [4.69, 9.17) is 0 Å². The van der Waals surface area contributed by atoms with Crippen molar-refractivity contribution in [1.82, 2.24) is 10.2 Å². The molecule has 1 N–H and O–H groups in total. The summed E-state index contributed by atoms with van der Waals surface area (Å²) >= 11 is 0. The highest BCUT2D eigenvalue weighted by Gasteiger charge is 2.38. The molecule has 1 aromatic rings. The summed E-state index contributed by atoms with van der Waals surface area (Å²) in [4.78, 5) is 2.50. The summed E-state index contributed by atoms with van der Waals surface area (Å²) in [5, 5.41) is 3.58. The predicted molar refractivity (Wildman–Crippen MR) is 80.3 cm³/mol. The van der Waals surface area contributed by atoms with Crippen LogP contribution in [0.25, 0.3) is 0 Å². The number of nitrogens with zero attached hydrogens (tertiary/aromatic N) is 1. The number of rotatable bonds is 4. The lowest BCUT2D eigenvalue weighted by Gasteiger charge is -2.38. The predicted octanol–water partition coefficient (Wildman–Crippen LogP) is 3.11.